The molecule has 4 heteroatoms. The van der Waals surface area contributed by atoms with E-state index in [1.54, 1.807) is 6.07 Å². The van der Waals surface area contributed by atoms with Crippen molar-refractivity contribution in [1.29, 1.82) is 0 Å². The van der Waals surface area contributed by atoms with E-state index < -0.39 is 10.1 Å². The minimum Gasteiger partial charge on any atom is -0.282 e. The fraction of sp³-hybridized carbons (Fsp3) is 0.444. The van der Waals surface area contributed by atoms with Crippen molar-refractivity contribution < 1.29 is 13.0 Å². The fourth-order valence-electron chi connectivity index (χ4n) is 2.70. The molecule has 0 unspecified atom stereocenters. The molecule has 2 aromatic carbocycles. The molecular weight excluding hydrogens is 296 g/mol. The lowest BCUT2D eigenvalue weighted by Crippen LogP contribution is -1.97. The molecule has 0 atom stereocenters. The summed E-state index contributed by atoms with van der Waals surface area (Å²) < 4.78 is 31.6. The Morgan fingerprint density at radius 1 is 0.864 bits per heavy atom. The molecule has 0 aliphatic carbocycles. The van der Waals surface area contributed by atoms with E-state index in [0.717, 1.165) is 23.6 Å². The van der Waals surface area contributed by atoms with Crippen molar-refractivity contribution in [3.8, 4) is 0 Å². The number of hydrogen-bond acceptors (Lipinski definition) is 2. The molecule has 22 heavy (non-hydrogen) atoms. The SMILES string of the molecule is CCCCCCCCc1ccc2ccc(S(=O)(=O)O)cc2c1. The summed E-state index contributed by atoms with van der Waals surface area (Å²) in [5.74, 6) is 0. The van der Waals surface area contributed by atoms with E-state index in [1.807, 2.05) is 12.1 Å². The highest BCUT2D eigenvalue weighted by molar-refractivity contribution is 7.85. The third-order valence-electron chi connectivity index (χ3n) is 3.99. The molecule has 0 bridgehead atoms. The van der Waals surface area contributed by atoms with Gasteiger partial charge in [-0.05, 0) is 41.3 Å². The van der Waals surface area contributed by atoms with Gasteiger partial charge in [0.2, 0.25) is 0 Å². The first-order valence-electron chi connectivity index (χ1n) is 8.01. The summed E-state index contributed by atoms with van der Waals surface area (Å²) in [6.07, 6.45) is 8.59. The maximum absolute atomic E-state index is 11.2. The summed E-state index contributed by atoms with van der Waals surface area (Å²) in [6.45, 7) is 2.22. The van der Waals surface area contributed by atoms with Crippen LogP contribution >= 0.6 is 0 Å². The molecule has 0 heterocycles. The minimum absolute atomic E-state index is 0.0447. The quantitative estimate of drug-likeness (QED) is 0.550. The fourth-order valence-corrected chi connectivity index (χ4v) is 3.22. The predicted molar refractivity (Wildman–Crippen MR) is 90.8 cm³/mol. The lowest BCUT2D eigenvalue weighted by Gasteiger charge is -2.06. The molecule has 2 rings (SSSR count). The minimum atomic E-state index is -4.14. The van der Waals surface area contributed by atoms with E-state index in [-0.39, 0.29) is 4.90 Å². The van der Waals surface area contributed by atoms with Crippen LogP contribution in [-0.2, 0) is 16.5 Å². The normalized spacial score (nSPS) is 11.9. The van der Waals surface area contributed by atoms with Gasteiger partial charge < -0.3 is 0 Å². The molecular formula is C18H24O3S. The predicted octanol–water partition coefficient (Wildman–Crippen LogP) is 4.99. The van der Waals surface area contributed by atoms with Crippen LogP contribution in [0.5, 0.6) is 0 Å². The maximum Gasteiger partial charge on any atom is 0.294 e. The lowest BCUT2D eigenvalue weighted by molar-refractivity contribution is 0.483. The summed E-state index contributed by atoms with van der Waals surface area (Å²) in [5, 5.41) is 1.85. The summed E-state index contributed by atoms with van der Waals surface area (Å²) in [6, 6.07) is 10.8. The van der Waals surface area contributed by atoms with Crippen LogP contribution in [0.1, 0.15) is 51.0 Å². The first kappa shape index (κ1) is 17.0. The standard InChI is InChI=1S/C18H24O3S/c1-2-3-4-5-6-7-8-15-9-10-16-11-12-18(22(19,20)21)14-17(16)13-15/h9-14H,2-8H2,1H3,(H,19,20,21). The Balaban J connectivity index is 2.03. The zero-order valence-corrected chi connectivity index (χ0v) is 13.9. The molecule has 2 aromatic rings. The highest BCUT2D eigenvalue weighted by Crippen LogP contribution is 2.21. The Labute approximate surface area is 133 Å². The van der Waals surface area contributed by atoms with Crippen LogP contribution < -0.4 is 0 Å². The van der Waals surface area contributed by atoms with Gasteiger partial charge in [0.25, 0.3) is 10.1 Å². The van der Waals surface area contributed by atoms with Gasteiger partial charge in [0, 0.05) is 0 Å². The first-order chi connectivity index (χ1) is 10.5. The number of unbranched alkanes of at least 4 members (excludes halogenated alkanes) is 5. The monoisotopic (exact) mass is 320 g/mol. The van der Waals surface area contributed by atoms with Gasteiger partial charge in [-0.25, -0.2) is 0 Å². The Kier molecular flexibility index (Phi) is 5.98. The Morgan fingerprint density at radius 2 is 1.55 bits per heavy atom. The van der Waals surface area contributed by atoms with Crippen molar-refractivity contribution in [1.82, 2.24) is 0 Å². The zero-order chi connectivity index (χ0) is 16.0. The van der Waals surface area contributed by atoms with Crippen LogP contribution in [0.3, 0.4) is 0 Å². The molecule has 0 aliphatic rings. The van der Waals surface area contributed by atoms with Gasteiger partial charge in [-0.2, -0.15) is 8.42 Å². The van der Waals surface area contributed by atoms with Crippen LogP contribution in [0.25, 0.3) is 10.8 Å². The molecule has 0 fully saturated rings. The highest BCUT2D eigenvalue weighted by atomic mass is 32.2. The van der Waals surface area contributed by atoms with Crippen LogP contribution in [-0.4, -0.2) is 13.0 Å². The van der Waals surface area contributed by atoms with Crippen molar-refractivity contribution in [2.75, 3.05) is 0 Å². The van der Waals surface area contributed by atoms with E-state index in [9.17, 15) is 8.42 Å². The summed E-state index contributed by atoms with van der Waals surface area (Å²) in [5.41, 5.74) is 1.22. The second kappa shape index (κ2) is 7.75. The summed E-state index contributed by atoms with van der Waals surface area (Å²) >= 11 is 0. The number of fused-ring (bicyclic) bond motifs is 1. The van der Waals surface area contributed by atoms with Crippen molar-refractivity contribution in [2.24, 2.45) is 0 Å². The second-order valence-corrected chi connectivity index (χ2v) is 7.26. The summed E-state index contributed by atoms with van der Waals surface area (Å²) in [4.78, 5) is -0.0447. The van der Waals surface area contributed by atoms with Crippen molar-refractivity contribution in [3.63, 3.8) is 0 Å². The largest absolute Gasteiger partial charge is 0.294 e. The smallest absolute Gasteiger partial charge is 0.282 e. The van der Waals surface area contributed by atoms with Crippen LogP contribution in [0.4, 0.5) is 0 Å². The number of rotatable bonds is 8. The average molecular weight is 320 g/mol. The summed E-state index contributed by atoms with van der Waals surface area (Å²) in [7, 11) is -4.14. The molecule has 1 N–H and O–H groups in total. The molecule has 0 saturated carbocycles. The molecule has 0 aliphatic heterocycles. The zero-order valence-electron chi connectivity index (χ0n) is 13.1. The molecule has 3 nitrogen and oxygen atoms in total. The lowest BCUT2D eigenvalue weighted by atomic mass is 10.0. The Hall–Kier alpha value is -1.39. The number of hydrogen-bond donors (Lipinski definition) is 1. The van der Waals surface area contributed by atoms with Gasteiger partial charge in [0.05, 0.1) is 4.90 Å². The van der Waals surface area contributed by atoms with Crippen LogP contribution in [0, 0.1) is 0 Å². The number of aryl methyl sites for hydroxylation is 1. The van der Waals surface area contributed by atoms with Crippen LogP contribution in [0.2, 0.25) is 0 Å². The van der Waals surface area contributed by atoms with Gasteiger partial charge >= 0.3 is 0 Å². The van der Waals surface area contributed by atoms with Crippen molar-refractivity contribution in [3.05, 3.63) is 42.0 Å². The molecule has 0 spiro atoms. The average Bonchev–Trinajstić information content (AvgIpc) is 2.49. The second-order valence-electron chi connectivity index (χ2n) is 5.84. The third kappa shape index (κ3) is 4.82. The van der Waals surface area contributed by atoms with Gasteiger partial charge in [0.1, 0.15) is 0 Å². The molecule has 0 radical (unpaired) electrons. The van der Waals surface area contributed by atoms with E-state index >= 15 is 0 Å². The number of benzene rings is 2. The van der Waals surface area contributed by atoms with Gasteiger partial charge in [-0.3, -0.25) is 4.55 Å². The van der Waals surface area contributed by atoms with E-state index in [2.05, 4.69) is 13.0 Å². The van der Waals surface area contributed by atoms with E-state index in [0.29, 0.717) is 0 Å². The Morgan fingerprint density at radius 3 is 2.27 bits per heavy atom. The van der Waals surface area contributed by atoms with E-state index in [4.69, 9.17) is 4.55 Å². The van der Waals surface area contributed by atoms with E-state index in [1.165, 1.54) is 49.8 Å². The van der Waals surface area contributed by atoms with Crippen molar-refractivity contribution in [2.45, 2.75) is 56.8 Å². The first-order valence-corrected chi connectivity index (χ1v) is 9.45. The molecule has 0 saturated heterocycles. The molecule has 0 aromatic heterocycles. The van der Waals surface area contributed by atoms with Gasteiger partial charge in [-0.15, -0.1) is 0 Å². The third-order valence-corrected chi connectivity index (χ3v) is 4.84. The Bertz CT molecular complexity index is 720. The van der Waals surface area contributed by atoms with Crippen LogP contribution in [0.15, 0.2) is 41.3 Å². The maximum atomic E-state index is 11.2. The van der Waals surface area contributed by atoms with Gasteiger partial charge in [0.15, 0.2) is 0 Å². The molecule has 120 valence electrons. The highest BCUT2D eigenvalue weighted by Gasteiger charge is 2.09. The topological polar surface area (TPSA) is 54.4 Å². The molecule has 0 amide bonds. The van der Waals surface area contributed by atoms with Crippen molar-refractivity contribution >= 4 is 20.9 Å². The van der Waals surface area contributed by atoms with Gasteiger partial charge in [-0.1, -0.05) is 63.3 Å².